The van der Waals surface area contributed by atoms with E-state index in [1.807, 2.05) is 0 Å². The summed E-state index contributed by atoms with van der Waals surface area (Å²) in [7, 11) is 0. The second-order valence-electron chi connectivity index (χ2n) is 6.93. The van der Waals surface area contributed by atoms with E-state index in [1.165, 1.54) is 25.2 Å². The van der Waals surface area contributed by atoms with Gasteiger partial charge < -0.3 is 15.6 Å². The van der Waals surface area contributed by atoms with Gasteiger partial charge in [-0.3, -0.25) is 0 Å². The van der Waals surface area contributed by atoms with Gasteiger partial charge in [0.2, 0.25) is 0 Å². The molecule has 0 radical (unpaired) electrons. The molecule has 4 bridgehead atoms. The number of hydrogen-bond acceptors (Lipinski definition) is 4. The van der Waals surface area contributed by atoms with Gasteiger partial charge in [-0.1, -0.05) is 27.2 Å². The monoisotopic (exact) mass is 250 g/mol. The molecule has 4 fully saturated rings. The van der Waals surface area contributed by atoms with E-state index in [-0.39, 0.29) is 10.8 Å². The molecule has 4 heteroatoms. The fraction of sp³-hybridized carbons (Fsp3) is 0.929. The fourth-order valence-corrected chi connectivity index (χ4v) is 4.72. The number of piperidine rings is 2. The van der Waals surface area contributed by atoms with E-state index in [4.69, 9.17) is 5.84 Å². The average molecular weight is 250 g/mol. The summed E-state index contributed by atoms with van der Waals surface area (Å²) < 4.78 is 0. The number of hydrazone groups is 1. The Morgan fingerprint density at radius 2 is 1.78 bits per heavy atom. The van der Waals surface area contributed by atoms with E-state index in [0.717, 1.165) is 26.2 Å². The standard InChI is InChI=1S/C14H26N4/c1-4-11(2)14-9-17-5-6-18(10-14)8-13(3,7-17)12(14)16-15/h11H,4-10,15H2,1-3H3. The Morgan fingerprint density at radius 1 is 1.22 bits per heavy atom. The highest BCUT2D eigenvalue weighted by Gasteiger charge is 2.59. The summed E-state index contributed by atoms with van der Waals surface area (Å²) in [5, 5.41) is 4.30. The highest BCUT2D eigenvalue weighted by Crippen LogP contribution is 2.49. The maximum atomic E-state index is 5.82. The first kappa shape index (κ1) is 12.4. The Balaban J connectivity index is 2.11. The first-order valence-electron chi connectivity index (χ1n) is 7.27. The number of nitrogens with zero attached hydrogens (tertiary/aromatic N) is 3. The lowest BCUT2D eigenvalue weighted by Crippen LogP contribution is -2.68. The lowest BCUT2D eigenvalue weighted by molar-refractivity contribution is 0.0398. The Morgan fingerprint density at radius 3 is 2.22 bits per heavy atom. The highest BCUT2D eigenvalue weighted by molar-refractivity contribution is 5.97. The van der Waals surface area contributed by atoms with Gasteiger partial charge in [0, 0.05) is 50.1 Å². The Labute approximate surface area is 110 Å². The zero-order chi connectivity index (χ0) is 13.0. The van der Waals surface area contributed by atoms with Crippen LogP contribution in [0.4, 0.5) is 0 Å². The third-order valence-corrected chi connectivity index (χ3v) is 5.62. The molecule has 0 aromatic rings. The third-order valence-electron chi connectivity index (χ3n) is 5.62. The molecule has 0 aromatic carbocycles. The van der Waals surface area contributed by atoms with Gasteiger partial charge in [0.05, 0.1) is 5.71 Å². The second-order valence-corrected chi connectivity index (χ2v) is 6.93. The van der Waals surface area contributed by atoms with Crippen LogP contribution in [-0.2, 0) is 0 Å². The van der Waals surface area contributed by atoms with Gasteiger partial charge in [0.1, 0.15) is 0 Å². The minimum atomic E-state index is 0.172. The minimum Gasteiger partial charge on any atom is -0.323 e. The van der Waals surface area contributed by atoms with E-state index in [9.17, 15) is 0 Å². The molecule has 18 heavy (non-hydrogen) atoms. The van der Waals surface area contributed by atoms with Crippen molar-refractivity contribution in [3.63, 3.8) is 0 Å². The molecule has 4 heterocycles. The Hall–Kier alpha value is -0.610. The summed E-state index contributed by atoms with van der Waals surface area (Å²) in [6.45, 7) is 14.0. The van der Waals surface area contributed by atoms with Gasteiger partial charge in [0.25, 0.3) is 0 Å². The first-order chi connectivity index (χ1) is 8.54. The second kappa shape index (κ2) is 3.94. The molecule has 4 rings (SSSR count). The quantitative estimate of drug-likeness (QED) is 0.587. The molecule has 2 N–H and O–H groups in total. The van der Waals surface area contributed by atoms with E-state index < -0.39 is 0 Å². The largest absolute Gasteiger partial charge is 0.323 e. The molecular weight excluding hydrogens is 224 g/mol. The van der Waals surface area contributed by atoms with Crippen LogP contribution in [0.2, 0.25) is 0 Å². The summed E-state index contributed by atoms with van der Waals surface area (Å²) in [5.41, 5.74) is 1.68. The van der Waals surface area contributed by atoms with Gasteiger partial charge >= 0.3 is 0 Å². The number of rotatable bonds is 2. The molecule has 3 atom stereocenters. The molecule has 3 unspecified atom stereocenters. The zero-order valence-corrected chi connectivity index (χ0v) is 11.9. The molecule has 102 valence electrons. The van der Waals surface area contributed by atoms with Crippen molar-refractivity contribution in [2.45, 2.75) is 27.2 Å². The Bertz CT molecular complexity index is 360. The maximum absolute atomic E-state index is 5.82. The molecule has 0 aromatic heterocycles. The van der Waals surface area contributed by atoms with Gasteiger partial charge in [-0.2, -0.15) is 5.10 Å². The lowest BCUT2D eigenvalue weighted by atomic mass is 9.58. The normalized spacial score (nSPS) is 50.5. The van der Waals surface area contributed by atoms with Crippen molar-refractivity contribution >= 4 is 5.71 Å². The summed E-state index contributed by atoms with van der Waals surface area (Å²) in [4.78, 5) is 5.29. The van der Waals surface area contributed by atoms with Crippen LogP contribution in [0, 0.1) is 16.7 Å². The third kappa shape index (κ3) is 1.48. The molecule has 4 saturated heterocycles. The van der Waals surface area contributed by atoms with Crippen LogP contribution in [0.25, 0.3) is 0 Å². The first-order valence-corrected chi connectivity index (χ1v) is 7.27. The molecule has 0 spiro atoms. The molecular formula is C14H26N4. The van der Waals surface area contributed by atoms with Gasteiger partial charge in [0.15, 0.2) is 0 Å². The van der Waals surface area contributed by atoms with Crippen molar-refractivity contribution < 1.29 is 0 Å². The Kier molecular flexibility index (Phi) is 2.72. The average Bonchev–Trinajstić information content (AvgIpc) is 2.54. The SMILES string of the molecule is CCC(C)C12CN3CCN(CC(C)(C3)C1=NN)C2. The minimum absolute atomic E-state index is 0.172. The maximum Gasteiger partial charge on any atom is 0.0550 e. The van der Waals surface area contributed by atoms with Crippen molar-refractivity contribution in [3.8, 4) is 0 Å². The number of hydrogen-bond donors (Lipinski definition) is 1. The van der Waals surface area contributed by atoms with Crippen LogP contribution < -0.4 is 5.84 Å². The highest BCUT2D eigenvalue weighted by atomic mass is 15.3. The molecule has 0 aliphatic carbocycles. The summed E-state index contributed by atoms with van der Waals surface area (Å²) >= 11 is 0. The van der Waals surface area contributed by atoms with Crippen LogP contribution in [-0.4, -0.2) is 54.8 Å². The van der Waals surface area contributed by atoms with Crippen LogP contribution in [0.15, 0.2) is 5.10 Å². The zero-order valence-electron chi connectivity index (χ0n) is 11.9. The van der Waals surface area contributed by atoms with Gasteiger partial charge in [-0.15, -0.1) is 0 Å². The molecule has 0 amide bonds. The topological polar surface area (TPSA) is 44.9 Å². The predicted octanol–water partition coefficient (Wildman–Crippen LogP) is 0.985. The van der Waals surface area contributed by atoms with E-state index in [1.54, 1.807) is 0 Å². The smallest absolute Gasteiger partial charge is 0.0550 e. The van der Waals surface area contributed by atoms with Crippen molar-refractivity contribution in [3.05, 3.63) is 0 Å². The predicted molar refractivity (Wildman–Crippen MR) is 74.5 cm³/mol. The molecule has 0 saturated carbocycles. The molecule has 4 aliphatic rings. The summed E-state index contributed by atoms with van der Waals surface area (Å²) in [5.74, 6) is 6.47. The lowest BCUT2D eigenvalue weighted by Gasteiger charge is -2.57. The van der Waals surface area contributed by atoms with Crippen molar-refractivity contribution in [1.29, 1.82) is 0 Å². The summed E-state index contributed by atoms with van der Waals surface area (Å²) in [6, 6.07) is 0. The van der Waals surface area contributed by atoms with E-state index in [0.29, 0.717) is 5.92 Å². The van der Waals surface area contributed by atoms with Crippen molar-refractivity contribution in [2.75, 3.05) is 39.3 Å². The van der Waals surface area contributed by atoms with Crippen LogP contribution in [0.3, 0.4) is 0 Å². The summed E-state index contributed by atoms with van der Waals surface area (Å²) in [6.07, 6.45) is 1.21. The van der Waals surface area contributed by atoms with Crippen LogP contribution in [0.5, 0.6) is 0 Å². The van der Waals surface area contributed by atoms with E-state index in [2.05, 4.69) is 35.7 Å². The number of fused-ring (bicyclic) bond motifs is 1. The molecule has 4 aliphatic heterocycles. The number of nitrogens with two attached hydrogens (primary N) is 1. The van der Waals surface area contributed by atoms with Crippen molar-refractivity contribution in [2.24, 2.45) is 27.7 Å². The fourth-order valence-electron chi connectivity index (χ4n) is 4.72. The molecule has 4 nitrogen and oxygen atoms in total. The van der Waals surface area contributed by atoms with Crippen LogP contribution in [0.1, 0.15) is 27.2 Å². The van der Waals surface area contributed by atoms with Gasteiger partial charge in [-0.25, -0.2) is 0 Å². The van der Waals surface area contributed by atoms with E-state index >= 15 is 0 Å². The van der Waals surface area contributed by atoms with Gasteiger partial charge in [-0.05, 0) is 5.92 Å². The van der Waals surface area contributed by atoms with Crippen LogP contribution >= 0.6 is 0 Å². The van der Waals surface area contributed by atoms with Crippen molar-refractivity contribution in [1.82, 2.24) is 9.80 Å².